The summed E-state index contributed by atoms with van der Waals surface area (Å²) in [6.07, 6.45) is 2.92. The number of carbonyl (C=O) groups is 1. The maximum Gasteiger partial charge on any atom is 0.232 e. The van der Waals surface area contributed by atoms with Gasteiger partial charge in [-0.2, -0.15) is 0 Å². The molecule has 0 aliphatic rings. The van der Waals surface area contributed by atoms with Crippen LogP contribution in [0.15, 0.2) is 12.4 Å². The zero-order valence-corrected chi connectivity index (χ0v) is 7.94. The first-order valence-corrected chi connectivity index (χ1v) is 4.05. The fraction of sp³-hybridized carbons (Fsp3) is 0.444. The van der Waals surface area contributed by atoms with Gasteiger partial charge in [-0.1, -0.05) is 13.8 Å². The fourth-order valence-corrected chi connectivity index (χ4v) is 0.861. The molecule has 0 amide bonds. The fourth-order valence-electron chi connectivity index (χ4n) is 0.861. The van der Waals surface area contributed by atoms with Crippen LogP contribution >= 0.6 is 0 Å². The lowest BCUT2D eigenvalue weighted by Gasteiger charge is -2.03. The molecule has 1 aromatic rings. The van der Waals surface area contributed by atoms with Gasteiger partial charge >= 0.3 is 0 Å². The minimum Gasteiger partial charge on any atom is -0.480 e. The van der Waals surface area contributed by atoms with Crippen molar-refractivity contribution in [2.45, 2.75) is 13.8 Å². The lowest BCUT2D eigenvalue weighted by molar-refractivity contribution is 0.0933. The van der Waals surface area contributed by atoms with Gasteiger partial charge in [0.25, 0.3) is 0 Å². The van der Waals surface area contributed by atoms with Crippen LogP contribution in [0.4, 0.5) is 0 Å². The molecule has 0 aliphatic heterocycles. The number of ether oxygens (including phenoxy) is 1. The summed E-state index contributed by atoms with van der Waals surface area (Å²) >= 11 is 0. The number of carbonyl (C=O) groups excluding carboxylic acids is 1. The number of hydrogen-bond acceptors (Lipinski definition) is 4. The molecule has 1 heterocycles. The summed E-state index contributed by atoms with van der Waals surface area (Å²) in [6.45, 7) is 3.65. The summed E-state index contributed by atoms with van der Waals surface area (Å²) in [7, 11) is 1.49. The van der Waals surface area contributed by atoms with E-state index in [0.29, 0.717) is 11.6 Å². The molecule has 4 nitrogen and oxygen atoms in total. The Labute approximate surface area is 77.0 Å². The van der Waals surface area contributed by atoms with Crippen molar-refractivity contribution >= 4 is 5.78 Å². The van der Waals surface area contributed by atoms with Gasteiger partial charge in [-0.25, -0.2) is 4.98 Å². The molecule has 1 aromatic heterocycles. The molecule has 0 unspecified atom stereocenters. The van der Waals surface area contributed by atoms with E-state index >= 15 is 0 Å². The predicted molar refractivity (Wildman–Crippen MR) is 47.8 cm³/mol. The SMILES string of the molecule is COc1cncc(C(=O)C(C)C)n1. The lowest BCUT2D eigenvalue weighted by Crippen LogP contribution is -2.10. The Bertz CT molecular complexity index is 310. The van der Waals surface area contributed by atoms with E-state index in [2.05, 4.69) is 9.97 Å². The van der Waals surface area contributed by atoms with E-state index in [4.69, 9.17) is 4.74 Å². The zero-order valence-electron chi connectivity index (χ0n) is 7.94. The van der Waals surface area contributed by atoms with Crippen molar-refractivity contribution in [1.82, 2.24) is 9.97 Å². The van der Waals surface area contributed by atoms with Crippen molar-refractivity contribution in [3.05, 3.63) is 18.1 Å². The van der Waals surface area contributed by atoms with E-state index in [0.717, 1.165) is 0 Å². The number of hydrogen-bond donors (Lipinski definition) is 0. The molecule has 70 valence electrons. The van der Waals surface area contributed by atoms with Crippen LogP contribution in [0, 0.1) is 5.92 Å². The molecule has 1 rings (SSSR count). The van der Waals surface area contributed by atoms with Gasteiger partial charge < -0.3 is 4.74 Å². The van der Waals surface area contributed by atoms with Crippen molar-refractivity contribution < 1.29 is 9.53 Å². The van der Waals surface area contributed by atoms with E-state index in [-0.39, 0.29) is 11.7 Å². The summed E-state index contributed by atoms with van der Waals surface area (Å²) in [5.41, 5.74) is 0.356. The summed E-state index contributed by atoms with van der Waals surface area (Å²) in [5, 5.41) is 0. The largest absolute Gasteiger partial charge is 0.480 e. The van der Waals surface area contributed by atoms with Crippen LogP contribution in [0.5, 0.6) is 5.88 Å². The minimum atomic E-state index is -0.0681. The van der Waals surface area contributed by atoms with E-state index in [1.165, 1.54) is 19.5 Å². The normalized spacial score (nSPS) is 10.2. The van der Waals surface area contributed by atoms with Gasteiger partial charge in [-0.3, -0.25) is 9.78 Å². The highest BCUT2D eigenvalue weighted by molar-refractivity contribution is 5.95. The van der Waals surface area contributed by atoms with Gasteiger partial charge in [0, 0.05) is 5.92 Å². The first-order chi connectivity index (χ1) is 6.15. The minimum absolute atomic E-state index is 0.0219. The van der Waals surface area contributed by atoms with Crippen LogP contribution in [0.2, 0.25) is 0 Å². The molecule has 0 radical (unpaired) electrons. The molecular formula is C9H12N2O2. The average Bonchev–Trinajstić information content (AvgIpc) is 2.16. The predicted octanol–water partition coefficient (Wildman–Crippen LogP) is 1.32. The number of ketones is 1. The Morgan fingerprint density at radius 3 is 2.69 bits per heavy atom. The second-order valence-electron chi connectivity index (χ2n) is 2.97. The second-order valence-corrected chi connectivity index (χ2v) is 2.97. The van der Waals surface area contributed by atoms with Crippen molar-refractivity contribution in [2.75, 3.05) is 7.11 Å². The van der Waals surface area contributed by atoms with E-state index in [1.54, 1.807) is 0 Å². The molecule has 0 bridgehead atoms. The standard InChI is InChI=1S/C9H12N2O2/c1-6(2)9(12)7-4-10-5-8(11-7)13-3/h4-6H,1-3H3. The Hall–Kier alpha value is -1.45. The van der Waals surface area contributed by atoms with Gasteiger partial charge in [0.2, 0.25) is 5.88 Å². The van der Waals surface area contributed by atoms with Crippen LogP contribution in [0.25, 0.3) is 0 Å². The summed E-state index contributed by atoms with van der Waals surface area (Å²) in [5.74, 6) is 0.277. The molecule has 4 heteroatoms. The topological polar surface area (TPSA) is 52.1 Å². The van der Waals surface area contributed by atoms with Crippen molar-refractivity contribution in [3.63, 3.8) is 0 Å². The smallest absolute Gasteiger partial charge is 0.232 e. The third kappa shape index (κ3) is 2.24. The lowest BCUT2D eigenvalue weighted by atomic mass is 10.1. The number of aromatic nitrogens is 2. The van der Waals surface area contributed by atoms with E-state index in [9.17, 15) is 4.79 Å². The molecule has 0 atom stereocenters. The van der Waals surface area contributed by atoms with Crippen LogP contribution in [-0.2, 0) is 0 Å². The van der Waals surface area contributed by atoms with Crippen molar-refractivity contribution in [2.24, 2.45) is 5.92 Å². The highest BCUT2D eigenvalue weighted by atomic mass is 16.5. The Kier molecular flexibility index (Phi) is 2.95. The number of nitrogens with zero attached hydrogens (tertiary/aromatic N) is 2. The molecular weight excluding hydrogens is 168 g/mol. The van der Waals surface area contributed by atoms with Gasteiger partial charge in [-0.05, 0) is 0 Å². The summed E-state index contributed by atoms with van der Waals surface area (Å²) < 4.78 is 4.86. The number of methoxy groups -OCH3 is 1. The third-order valence-electron chi connectivity index (χ3n) is 1.60. The summed E-state index contributed by atoms with van der Waals surface area (Å²) in [4.78, 5) is 19.3. The van der Waals surface area contributed by atoms with E-state index in [1.807, 2.05) is 13.8 Å². The first-order valence-electron chi connectivity index (χ1n) is 4.05. The highest BCUT2D eigenvalue weighted by Crippen LogP contribution is 2.08. The Morgan fingerprint density at radius 2 is 2.15 bits per heavy atom. The number of Topliss-reactive ketones (excluding diaryl/α,β-unsaturated/α-hetero) is 1. The molecule has 0 fully saturated rings. The zero-order chi connectivity index (χ0) is 9.84. The molecule has 0 N–H and O–H groups in total. The summed E-state index contributed by atoms with van der Waals surface area (Å²) in [6, 6.07) is 0. The first kappa shape index (κ1) is 9.64. The number of rotatable bonds is 3. The molecule has 13 heavy (non-hydrogen) atoms. The van der Waals surface area contributed by atoms with Crippen LogP contribution < -0.4 is 4.74 Å². The maximum absolute atomic E-state index is 11.5. The molecule has 0 aromatic carbocycles. The molecule has 0 aliphatic carbocycles. The van der Waals surface area contributed by atoms with Gasteiger partial charge in [-0.15, -0.1) is 0 Å². The Balaban J connectivity index is 2.95. The van der Waals surface area contributed by atoms with Gasteiger partial charge in [0.1, 0.15) is 5.69 Å². The third-order valence-corrected chi connectivity index (χ3v) is 1.60. The second kappa shape index (κ2) is 3.98. The molecule has 0 spiro atoms. The van der Waals surface area contributed by atoms with Crippen molar-refractivity contribution in [1.29, 1.82) is 0 Å². The molecule has 0 saturated heterocycles. The van der Waals surface area contributed by atoms with Gasteiger partial charge in [0.05, 0.1) is 19.5 Å². The monoisotopic (exact) mass is 180 g/mol. The van der Waals surface area contributed by atoms with Gasteiger partial charge in [0.15, 0.2) is 5.78 Å². The average molecular weight is 180 g/mol. The van der Waals surface area contributed by atoms with Crippen LogP contribution in [0.3, 0.4) is 0 Å². The Morgan fingerprint density at radius 1 is 1.46 bits per heavy atom. The van der Waals surface area contributed by atoms with Crippen molar-refractivity contribution in [3.8, 4) is 5.88 Å². The van der Waals surface area contributed by atoms with E-state index < -0.39 is 0 Å². The quantitative estimate of drug-likeness (QED) is 0.658. The van der Waals surface area contributed by atoms with Crippen LogP contribution in [-0.4, -0.2) is 22.9 Å². The highest BCUT2D eigenvalue weighted by Gasteiger charge is 2.12. The maximum atomic E-state index is 11.5. The van der Waals surface area contributed by atoms with Crippen LogP contribution in [0.1, 0.15) is 24.3 Å². The molecule has 0 saturated carbocycles.